The van der Waals surface area contributed by atoms with Gasteiger partial charge in [0, 0.05) is 5.33 Å². The lowest BCUT2D eigenvalue weighted by atomic mass is 10.0. The van der Waals surface area contributed by atoms with Crippen molar-refractivity contribution in [1.82, 2.24) is 0 Å². The van der Waals surface area contributed by atoms with Crippen LogP contribution in [0.5, 0.6) is 0 Å². The molecule has 14 heavy (non-hydrogen) atoms. The fourth-order valence-electron chi connectivity index (χ4n) is 1.27. The van der Waals surface area contributed by atoms with Crippen LogP contribution in [0.4, 0.5) is 0 Å². The van der Waals surface area contributed by atoms with E-state index >= 15 is 0 Å². The Labute approximate surface area is 96.9 Å². The summed E-state index contributed by atoms with van der Waals surface area (Å²) in [5.74, 6) is 0. The van der Waals surface area contributed by atoms with Crippen LogP contribution >= 0.6 is 15.9 Å². The molecule has 0 aliphatic carbocycles. The maximum atomic E-state index is 3.77. The Morgan fingerprint density at radius 2 is 1.93 bits per heavy atom. The van der Waals surface area contributed by atoms with Gasteiger partial charge in [-0.1, -0.05) is 44.8 Å². The fraction of sp³-hybridized carbons (Fsp3) is 0.538. The van der Waals surface area contributed by atoms with E-state index in [2.05, 4.69) is 49.4 Å². The Morgan fingerprint density at radius 3 is 2.36 bits per heavy atom. The molecule has 0 bridgehead atoms. The molecule has 0 amide bonds. The first-order valence-electron chi connectivity index (χ1n) is 5.09. The summed E-state index contributed by atoms with van der Waals surface area (Å²) >= 11 is 3.52. The van der Waals surface area contributed by atoms with E-state index in [-0.39, 0.29) is 0 Å². The minimum absolute atomic E-state index is 0.972. The quantitative estimate of drug-likeness (QED) is 0.463. The normalized spacial score (nSPS) is 12.0. The Balaban J connectivity index is 4.18. The third kappa shape index (κ3) is 6.20. The second-order valence-corrected chi connectivity index (χ2v) is 4.39. The number of allylic oxidation sites excluding steroid dienone is 5. The van der Waals surface area contributed by atoms with Crippen molar-refractivity contribution >= 4 is 15.9 Å². The van der Waals surface area contributed by atoms with E-state index in [1.54, 1.807) is 0 Å². The van der Waals surface area contributed by atoms with Crippen LogP contribution < -0.4 is 0 Å². The average molecular weight is 257 g/mol. The van der Waals surface area contributed by atoms with Crippen LogP contribution in [-0.4, -0.2) is 5.33 Å². The van der Waals surface area contributed by atoms with Crippen LogP contribution in [0, 0.1) is 0 Å². The maximum absolute atomic E-state index is 3.77. The molecule has 0 saturated heterocycles. The average Bonchev–Trinajstić information content (AvgIpc) is 2.13. The molecule has 0 aromatic heterocycles. The SMILES string of the molecule is C=CC/C(CBr)=C(\C)CCC=C(C)C. The van der Waals surface area contributed by atoms with E-state index in [1.807, 2.05) is 6.08 Å². The van der Waals surface area contributed by atoms with Crippen molar-refractivity contribution in [3.05, 3.63) is 35.5 Å². The molecule has 0 spiro atoms. The standard InChI is InChI=1S/C13H21Br/c1-5-7-13(10-14)12(4)9-6-8-11(2)3/h5,8H,1,6-7,9-10H2,2-4H3/b13-12-. The van der Waals surface area contributed by atoms with Crippen molar-refractivity contribution in [3.8, 4) is 0 Å². The summed E-state index contributed by atoms with van der Waals surface area (Å²) in [6.07, 6.45) is 7.60. The van der Waals surface area contributed by atoms with Gasteiger partial charge in [0.15, 0.2) is 0 Å². The minimum Gasteiger partial charge on any atom is -0.103 e. The predicted octanol–water partition coefficient (Wildman–Crippen LogP) is 5.02. The van der Waals surface area contributed by atoms with E-state index in [0.717, 1.165) is 18.2 Å². The summed E-state index contributed by atoms with van der Waals surface area (Å²) in [4.78, 5) is 0. The van der Waals surface area contributed by atoms with Gasteiger partial charge in [-0.25, -0.2) is 0 Å². The number of hydrogen-bond donors (Lipinski definition) is 0. The second kappa shape index (κ2) is 8.05. The van der Waals surface area contributed by atoms with Gasteiger partial charge in [0.2, 0.25) is 0 Å². The zero-order valence-electron chi connectivity index (χ0n) is 9.57. The van der Waals surface area contributed by atoms with Gasteiger partial charge in [-0.05, 0) is 40.0 Å². The summed E-state index contributed by atoms with van der Waals surface area (Å²) < 4.78 is 0. The highest BCUT2D eigenvalue weighted by atomic mass is 79.9. The molecule has 0 aliphatic rings. The minimum atomic E-state index is 0.972. The van der Waals surface area contributed by atoms with Gasteiger partial charge in [0.05, 0.1) is 0 Å². The van der Waals surface area contributed by atoms with Gasteiger partial charge in [-0.3, -0.25) is 0 Å². The number of rotatable bonds is 6. The van der Waals surface area contributed by atoms with E-state index in [9.17, 15) is 0 Å². The lowest BCUT2D eigenvalue weighted by molar-refractivity contribution is 0.936. The molecule has 0 N–H and O–H groups in total. The van der Waals surface area contributed by atoms with Gasteiger partial charge < -0.3 is 0 Å². The lowest BCUT2D eigenvalue weighted by Crippen LogP contribution is -1.89. The Bertz CT molecular complexity index is 230. The number of alkyl halides is 1. The maximum Gasteiger partial charge on any atom is 0.0247 e. The fourth-order valence-corrected chi connectivity index (χ4v) is 1.98. The van der Waals surface area contributed by atoms with Crippen LogP contribution in [-0.2, 0) is 0 Å². The summed E-state index contributed by atoms with van der Waals surface area (Å²) in [5.41, 5.74) is 4.38. The van der Waals surface area contributed by atoms with Crippen molar-refractivity contribution in [2.45, 2.75) is 40.0 Å². The zero-order valence-corrected chi connectivity index (χ0v) is 11.2. The van der Waals surface area contributed by atoms with E-state index in [4.69, 9.17) is 0 Å². The first-order valence-corrected chi connectivity index (χ1v) is 6.21. The van der Waals surface area contributed by atoms with Crippen LogP contribution in [0.15, 0.2) is 35.5 Å². The molecule has 0 aromatic carbocycles. The number of hydrogen-bond acceptors (Lipinski definition) is 0. The van der Waals surface area contributed by atoms with Crippen LogP contribution in [0.1, 0.15) is 40.0 Å². The molecule has 0 heterocycles. The largest absolute Gasteiger partial charge is 0.103 e. The van der Waals surface area contributed by atoms with Crippen LogP contribution in [0.3, 0.4) is 0 Å². The van der Waals surface area contributed by atoms with Gasteiger partial charge >= 0.3 is 0 Å². The van der Waals surface area contributed by atoms with Gasteiger partial charge in [0.1, 0.15) is 0 Å². The molecule has 0 atom stereocenters. The highest BCUT2D eigenvalue weighted by Gasteiger charge is 1.98. The van der Waals surface area contributed by atoms with Crippen molar-refractivity contribution in [1.29, 1.82) is 0 Å². The Kier molecular flexibility index (Phi) is 7.87. The molecular weight excluding hydrogens is 236 g/mol. The molecule has 0 unspecified atom stereocenters. The molecule has 0 saturated carbocycles. The third-order valence-corrected chi connectivity index (χ3v) is 2.90. The summed E-state index contributed by atoms with van der Waals surface area (Å²) in [5, 5.41) is 0.972. The van der Waals surface area contributed by atoms with Gasteiger partial charge in [-0.15, -0.1) is 6.58 Å². The zero-order chi connectivity index (χ0) is 11.0. The molecule has 80 valence electrons. The molecular formula is C13H21Br. The first kappa shape index (κ1) is 13.7. The molecule has 0 aromatic rings. The molecule has 0 fully saturated rings. The molecule has 0 rings (SSSR count). The Hall–Kier alpha value is -0.300. The monoisotopic (exact) mass is 256 g/mol. The molecule has 0 aliphatic heterocycles. The topological polar surface area (TPSA) is 0 Å². The number of halogens is 1. The van der Waals surface area contributed by atoms with Crippen molar-refractivity contribution in [3.63, 3.8) is 0 Å². The third-order valence-electron chi connectivity index (χ3n) is 2.23. The smallest absolute Gasteiger partial charge is 0.0247 e. The van der Waals surface area contributed by atoms with Gasteiger partial charge in [-0.2, -0.15) is 0 Å². The predicted molar refractivity (Wildman–Crippen MR) is 70.0 cm³/mol. The lowest BCUT2D eigenvalue weighted by Gasteiger charge is -2.06. The van der Waals surface area contributed by atoms with Crippen LogP contribution in [0.2, 0.25) is 0 Å². The van der Waals surface area contributed by atoms with Crippen molar-refractivity contribution in [2.75, 3.05) is 5.33 Å². The summed E-state index contributed by atoms with van der Waals surface area (Å²) in [6, 6.07) is 0. The van der Waals surface area contributed by atoms with Crippen molar-refractivity contribution in [2.24, 2.45) is 0 Å². The first-order chi connectivity index (χ1) is 6.61. The highest BCUT2D eigenvalue weighted by Crippen LogP contribution is 2.17. The van der Waals surface area contributed by atoms with Crippen LogP contribution in [0.25, 0.3) is 0 Å². The van der Waals surface area contributed by atoms with E-state index in [1.165, 1.54) is 23.1 Å². The van der Waals surface area contributed by atoms with E-state index in [0.29, 0.717) is 0 Å². The Morgan fingerprint density at radius 1 is 1.29 bits per heavy atom. The second-order valence-electron chi connectivity index (χ2n) is 3.83. The van der Waals surface area contributed by atoms with Gasteiger partial charge in [0.25, 0.3) is 0 Å². The van der Waals surface area contributed by atoms with E-state index < -0.39 is 0 Å². The highest BCUT2D eigenvalue weighted by molar-refractivity contribution is 9.09. The van der Waals surface area contributed by atoms with Crippen molar-refractivity contribution < 1.29 is 0 Å². The molecule has 1 heteroatoms. The summed E-state index contributed by atoms with van der Waals surface area (Å²) in [7, 11) is 0. The molecule has 0 nitrogen and oxygen atoms in total. The summed E-state index contributed by atoms with van der Waals surface area (Å²) in [6.45, 7) is 10.3. The molecule has 0 radical (unpaired) electrons.